The number of aryl methyl sites for hydroxylation is 1. The van der Waals surface area contributed by atoms with E-state index in [4.69, 9.17) is 4.74 Å². The van der Waals surface area contributed by atoms with Crippen LogP contribution in [0, 0.1) is 6.92 Å². The quantitative estimate of drug-likeness (QED) is 0.918. The number of nitrogens with one attached hydrogen (secondary N) is 1. The lowest BCUT2D eigenvalue weighted by Crippen LogP contribution is -2.35. The molecule has 2 aromatic heterocycles. The third-order valence-electron chi connectivity index (χ3n) is 2.65. The Morgan fingerprint density at radius 3 is 2.55 bits per heavy atom. The highest BCUT2D eigenvalue weighted by Crippen LogP contribution is 2.16. The molecule has 0 aliphatic rings. The van der Waals surface area contributed by atoms with E-state index in [9.17, 15) is 0 Å². The van der Waals surface area contributed by atoms with E-state index in [1.54, 1.807) is 17.5 Å². The molecule has 4 nitrogen and oxygen atoms in total. The van der Waals surface area contributed by atoms with E-state index in [-0.39, 0.29) is 5.54 Å². The van der Waals surface area contributed by atoms with Crippen molar-refractivity contribution in [3.05, 3.63) is 40.1 Å². The maximum Gasteiger partial charge on any atom is 0.138 e. The Morgan fingerprint density at radius 2 is 2.00 bits per heavy atom. The molecule has 108 valence electrons. The predicted octanol–water partition coefficient (Wildman–Crippen LogP) is 3.31. The summed E-state index contributed by atoms with van der Waals surface area (Å²) in [5.74, 6) is 0.788. The zero-order chi connectivity index (χ0) is 14.6. The van der Waals surface area contributed by atoms with Crippen LogP contribution in [0.15, 0.2) is 24.5 Å². The van der Waals surface area contributed by atoms with Crippen LogP contribution < -0.4 is 10.1 Å². The van der Waals surface area contributed by atoms with Gasteiger partial charge >= 0.3 is 0 Å². The monoisotopic (exact) mass is 291 g/mol. The van der Waals surface area contributed by atoms with Crippen LogP contribution in [0.4, 0.5) is 0 Å². The second kappa shape index (κ2) is 6.33. The van der Waals surface area contributed by atoms with Crippen LogP contribution in [0.3, 0.4) is 0 Å². The van der Waals surface area contributed by atoms with E-state index in [0.717, 1.165) is 27.9 Å². The largest absolute Gasteiger partial charge is 0.486 e. The van der Waals surface area contributed by atoms with Crippen molar-refractivity contribution in [2.45, 2.75) is 46.4 Å². The third kappa shape index (κ3) is 4.90. The van der Waals surface area contributed by atoms with Crippen molar-refractivity contribution < 1.29 is 4.74 Å². The van der Waals surface area contributed by atoms with E-state index >= 15 is 0 Å². The molecule has 0 aromatic carbocycles. The van der Waals surface area contributed by atoms with Crippen molar-refractivity contribution in [2.75, 3.05) is 0 Å². The molecule has 2 rings (SSSR count). The molecule has 0 fully saturated rings. The van der Waals surface area contributed by atoms with Gasteiger partial charge in [0.05, 0.1) is 21.8 Å². The first-order valence-corrected chi connectivity index (χ1v) is 7.48. The normalized spacial score (nSPS) is 11.6. The second-order valence-corrected chi connectivity index (χ2v) is 7.04. The molecule has 0 aliphatic carbocycles. The Morgan fingerprint density at radius 1 is 1.20 bits per heavy atom. The first-order chi connectivity index (χ1) is 9.42. The Bertz CT molecular complexity index is 543. The number of hydrogen-bond acceptors (Lipinski definition) is 5. The lowest BCUT2D eigenvalue weighted by molar-refractivity contribution is 0.308. The predicted molar refractivity (Wildman–Crippen MR) is 82.0 cm³/mol. The van der Waals surface area contributed by atoms with Crippen LogP contribution in [0.5, 0.6) is 5.75 Å². The molecule has 0 aliphatic heterocycles. The summed E-state index contributed by atoms with van der Waals surface area (Å²) in [6.07, 6.45) is 3.63. The van der Waals surface area contributed by atoms with Crippen molar-refractivity contribution in [1.82, 2.24) is 15.3 Å². The zero-order valence-electron chi connectivity index (χ0n) is 12.4. The fourth-order valence-corrected chi connectivity index (χ4v) is 2.29. The molecule has 0 amide bonds. The smallest absolute Gasteiger partial charge is 0.138 e. The summed E-state index contributed by atoms with van der Waals surface area (Å²) >= 11 is 1.65. The minimum absolute atomic E-state index is 0.0981. The van der Waals surface area contributed by atoms with Gasteiger partial charge in [0, 0.05) is 18.3 Å². The van der Waals surface area contributed by atoms with Gasteiger partial charge in [-0.25, -0.2) is 4.98 Å². The van der Waals surface area contributed by atoms with E-state index in [1.165, 1.54) is 0 Å². The molecule has 5 heteroatoms. The number of thiazole rings is 1. The van der Waals surface area contributed by atoms with Gasteiger partial charge in [-0.2, -0.15) is 0 Å². The van der Waals surface area contributed by atoms with Gasteiger partial charge in [0.2, 0.25) is 0 Å². The van der Waals surface area contributed by atoms with Crippen molar-refractivity contribution in [1.29, 1.82) is 0 Å². The summed E-state index contributed by atoms with van der Waals surface area (Å²) in [6.45, 7) is 9.72. The van der Waals surface area contributed by atoms with Gasteiger partial charge in [0.1, 0.15) is 12.4 Å². The van der Waals surface area contributed by atoms with Crippen LogP contribution >= 0.6 is 11.3 Å². The molecular formula is C15H21N3OS. The Hall–Kier alpha value is -1.46. The van der Waals surface area contributed by atoms with E-state index in [2.05, 4.69) is 36.1 Å². The molecule has 1 N–H and O–H groups in total. The molecule has 2 heterocycles. The molecule has 20 heavy (non-hydrogen) atoms. The Balaban J connectivity index is 1.85. The van der Waals surface area contributed by atoms with Gasteiger partial charge in [-0.1, -0.05) is 0 Å². The van der Waals surface area contributed by atoms with Crippen LogP contribution in [-0.4, -0.2) is 15.5 Å². The van der Waals surface area contributed by atoms with Crippen molar-refractivity contribution in [2.24, 2.45) is 0 Å². The summed E-state index contributed by atoms with van der Waals surface area (Å²) in [5.41, 5.74) is 1.11. The fourth-order valence-electron chi connectivity index (χ4n) is 1.58. The first-order valence-electron chi connectivity index (χ1n) is 6.66. The molecule has 0 unspecified atom stereocenters. The average Bonchev–Trinajstić information content (AvgIpc) is 2.80. The highest BCUT2D eigenvalue weighted by atomic mass is 32.1. The summed E-state index contributed by atoms with van der Waals surface area (Å²) in [7, 11) is 0. The molecular weight excluding hydrogens is 270 g/mol. The number of rotatable bonds is 5. The molecule has 0 atom stereocenters. The van der Waals surface area contributed by atoms with Gasteiger partial charge < -0.3 is 10.1 Å². The number of hydrogen-bond donors (Lipinski definition) is 1. The van der Waals surface area contributed by atoms with Gasteiger partial charge in [-0.3, -0.25) is 4.98 Å². The van der Waals surface area contributed by atoms with E-state index in [0.29, 0.717) is 6.61 Å². The first kappa shape index (κ1) is 14.9. The summed E-state index contributed by atoms with van der Waals surface area (Å²) < 4.78 is 5.69. The van der Waals surface area contributed by atoms with Crippen molar-refractivity contribution in [3.63, 3.8) is 0 Å². The average molecular weight is 291 g/mol. The summed E-state index contributed by atoms with van der Waals surface area (Å²) in [4.78, 5) is 9.73. The van der Waals surface area contributed by atoms with Gasteiger partial charge in [0.25, 0.3) is 0 Å². The standard InChI is InChI=1S/C15H21N3OS/c1-11-16-9-14(20-11)10-19-13-6-5-12(17-8-13)7-18-15(2,3)4/h5-6,8-9,18H,7,10H2,1-4H3. The Labute approximate surface area is 124 Å². The highest BCUT2D eigenvalue weighted by Gasteiger charge is 2.08. The lowest BCUT2D eigenvalue weighted by Gasteiger charge is -2.20. The summed E-state index contributed by atoms with van der Waals surface area (Å²) in [5, 5.41) is 4.47. The van der Waals surface area contributed by atoms with E-state index < -0.39 is 0 Å². The van der Waals surface area contributed by atoms with Crippen LogP contribution in [0.2, 0.25) is 0 Å². The fraction of sp³-hybridized carbons (Fsp3) is 0.467. The van der Waals surface area contributed by atoms with Gasteiger partial charge in [-0.05, 0) is 39.8 Å². The molecule has 0 saturated heterocycles. The zero-order valence-corrected chi connectivity index (χ0v) is 13.3. The molecule has 2 aromatic rings. The molecule has 0 saturated carbocycles. The van der Waals surface area contributed by atoms with E-state index in [1.807, 2.05) is 25.3 Å². The van der Waals surface area contributed by atoms with Crippen LogP contribution in [-0.2, 0) is 13.2 Å². The minimum atomic E-state index is 0.0981. The lowest BCUT2D eigenvalue weighted by atomic mass is 10.1. The molecule has 0 bridgehead atoms. The van der Waals surface area contributed by atoms with Crippen LogP contribution in [0.1, 0.15) is 36.3 Å². The number of nitrogens with zero attached hydrogens (tertiary/aromatic N) is 2. The van der Waals surface area contributed by atoms with Crippen LogP contribution in [0.25, 0.3) is 0 Å². The van der Waals surface area contributed by atoms with Crippen molar-refractivity contribution in [3.8, 4) is 5.75 Å². The Kier molecular flexibility index (Phi) is 4.73. The number of pyridine rings is 1. The maximum atomic E-state index is 5.69. The molecule has 0 spiro atoms. The minimum Gasteiger partial charge on any atom is -0.486 e. The van der Waals surface area contributed by atoms with Crippen molar-refractivity contribution >= 4 is 11.3 Å². The second-order valence-electron chi connectivity index (χ2n) is 5.72. The highest BCUT2D eigenvalue weighted by molar-refractivity contribution is 7.11. The van der Waals surface area contributed by atoms with Gasteiger partial charge in [-0.15, -0.1) is 11.3 Å². The number of aromatic nitrogens is 2. The summed E-state index contributed by atoms with van der Waals surface area (Å²) in [6, 6.07) is 3.95. The maximum absolute atomic E-state index is 5.69. The molecule has 0 radical (unpaired) electrons. The third-order valence-corrected chi connectivity index (χ3v) is 3.53. The SMILES string of the molecule is Cc1ncc(COc2ccc(CNC(C)(C)C)nc2)s1. The number of ether oxygens (including phenoxy) is 1. The topological polar surface area (TPSA) is 47.0 Å². The van der Waals surface area contributed by atoms with Gasteiger partial charge in [0.15, 0.2) is 0 Å².